The molecule has 0 amide bonds. The van der Waals surface area contributed by atoms with Gasteiger partial charge in [-0.15, -0.1) is 0 Å². The van der Waals surface area contributed by atoms with Crippen molar-refractivity contribution in [1.82, 2.24) is 0 Å². The average Bonchev–Trinajstić information content (AvgIpc) is 2.31. The van der Waals surface area contributed by atoms with E-state index in [0.29, 0.717) is 5.56 Å². The van der Waals surface area contributed by atoms with Gasteiger partial charge in [0.25, 0.3) is 6.47 Å². The number of rotatable bonds is 2. The largest absolute Gasteiger partial charge is 0.483 e. The molecule has 0 aliphatic rings. The molecule has 16 heavy (non-hydrogen) atoms. The fourth-order valence-electron chi connectivity index (χ4n) is 0.581. The van der Waals surface area contributed by atoms with Crippen LogP contribution >= 0.6 is 0 Å². The standard InChI is InChI=1S/C7H6O2.C2H6O2.CH2O2/c8-7(9)6-4-2-1-3-5-6;3-1-2-4;2-1-3/h1-5H,(H,8,9);3-4H,1-2H2;1H,(H,2,3). The second-order valence-corrected chi connectivity index (χ2v) is 2.22. The van der Waals surface area contributed by atoms with Gasteiger partial charge in [0.15, 0.2) is 0 Å². The topological polar surface area (TPSA) is 115 Å². The van der Waals surface area contributed by atoms with Crippen molar-refractivity contribution in [1.29, 1.82) is 0 Å². The summed E-state index contributed by atoms with van der Waals surface area (Å²) in [5.41, 5.74) is 0.331. The molecule has 0 spiro atoms. The van der Waals surface area contributed by atoms with Crippen LogP contribution in [-0.2, 0) is 4.79 Å². The highest BCUT2D eigenvalue weighted by Crippen LogP contribution is 1.96. The van der Waals surface area contributed by atoms with E-state index in [2.05, 4.69) is 0 Å². The summed E-state index contributed by atoms with van der Waals surface area (Å²) in [6.07, 6.45) is 0. The third kappa shape index (κ3) is 12.1. The number of benzene rings is 1. The van der Waals surface area contributed by atoms with Gasteiger partial charge in [0.1, 0.15) is 0 Å². The molecule has 0 saturated heterocycles. The first-order valence-corrected chi connectivity index (χ1v) is 4.21. The zero-order valence-corrected chi connectivity index (χ0v) is 8.48. The zero-order chi connectivity index (χ0) is 12.8. The van der Waals surface area contributed by atoms with Gasteiger partial charge in [0.05, 0.1) is 18.8 Å². The lowest BCUT2D eigenvalue weighted by molar-refractivity contribution is -0.122. The molecule has 1 aromatic carbocycles. The quantitative estimate of drug-likeness (QED) is 0.534. The van der Waals surface area contributed by atoms with Crippen LogP contribution in [0.5, 0.6) is 0 Å². The fraction of sp³-hybridized carbons (Fsp3) is 0.200. The molecule has 0 aromatic heterocycles. The molecule has 0 saturated carbocycles. The van der Waals surface area contributed by atoms with Crippen molar-refractivity contribution in [3.8, 4) is 0 Å². The Hall–Kier alpha value is -1.92. The van der Waals surface area contributed by atoms with Gasteiger partial charge in [-0.05, 0) is 12.1 Å². The van der Waals surface area contributed by atoms with Crippen molar-refractivity contribution in [2.24, 2.45) is 0 Å². The van der Waals surface area contributed by atoms with E-state index in [0.717, 1.165) is 0 Å². The number of hydrogen-bond donors (Lipinski definition) is 4. The third-order valence-corrected chi connectivity index (χ3v) is 1.12. The van der Waals surface area contributed by atoms with Gasteiger partial charge in [-0.25, -0.2) is 4.79 Å². The van der Waals surface area contributed by atoms with Crippen LogP contribution in [-0.4, -0.2) is 46.1 Å². The van der Waals surface area contributed by atoms with Crippen LogP contribution in [0.3, 0.4) is 0 Å². The molecule has 6 nitrogen and oxygen atoms in total. The smallest absolute Gasteiger partial charge is 0.335 e. The Morgan fingerprint density at radius 2 is 1.50 bits per heavy atom. The van der Waals surface area contributed by atoms with E-state index in [9.17, 15) is 4.79 Å². The lowest BCUT2D eigenvalue weighted by Crippen LogP contribution is -1.93. The van der Waals surface area contributed by atoms with Gasteiger partial charge >= 0.3 is 5.97 Å². The second kappa shape index (κ2) is 13.1. The molecule has 4 N–H and O–H groups in total. The monoisotopic (exact) mass is 230 g/mol. The summed E-state index contributed by atoms with van der Waals surface area (Å²) in [5.74, 6) is -0.879. The SMILES string of the molecule is O=C(O)c1ccccc1.O=CO.OCCO. The van der Waals surface area contributed by atoms with Gasteiger partial charge < -0.3 is 20.4 Å². The maximum absolute atomic E-state index is 10.2. The molecule has 1 aromatic rings. The van der Waals surface area contributed by atoms with Crippen LogP contribution in [0.15, 0.2) is 30.3 Å². The van der Waals surface area contributed by atoms with E-state index in [1.54, 1.807) is 30.3 Å². The molecule has 90 valence electrons. The molecule has 0 aliphatic heterocycles. The summed E-state index contributed by atoms with van der Waals surface area (Å²) in [6, 6.07) is 8.30. The Labute approximate surface area is 92.4 Å². The van der Waals surface area contributed by atoms with Crippen molar-refractivity contribution in [2.75, 3.05) is 13.2 Å². The molecule has 0 atom stereocenters. The highest BCUT2D eigenvalue weighted by Gasteiger charge is 1.96. The predicted octanol–water partition coefficient (Wildman–Crippen LogP) is 0.0566. The first-order chi connectivity index (χ1) is 7.63. The van der Waals surface area contributed by atoms with Crippen LogP contribution < -0.4 is 0 Å². The van der Waals surface area contributed by atoms with Gasteiger partial charge in [-0.1, -0.05) is 18.2 Å². The van der Waals surface area contributed by atoms with Gasteiger partial charge in [0.2, 0.25) is 0 Å². The Morgan fingerprint density at radius 1 is 1.12 bits per heavy atom. The summed E-state index contributed by atoms with van der Waals surface area (Å²) in [4.78, 5) is 18.6. The molecule has 0 fully saturated rings. The van der Waals surface area contributed by atoms with Crippen LogP contribution in [0.2, 0.25) is 0 Å². The van der Waals surface area contributed by atoms with Gasteiger partial charge in [-0.2, -0.15) is 0 Å². The minimum atomic E-state index is -0.879. The first-order valence-electron chi connectivity index (χ1n) is 4.21. The number of carbonyl (C=O) groups is 2. The van der Waals surface area contributed by atoms with Gasteiger partial charge in [0, 0.05) is 0 Å². The summed E-state index contributed by atoms with van der Waals surface area (Å²) in [6.45, 7) is -0.500. The van der Waals surface area contributed by atoms with E-state index in [1.165, 1.54) is 0 Å². The lowest BCUT2D eigenvalue weighted by atomic mass is 10.2. The molecule has 0 bridgehead atoms. The molecular formula is C10H14O6. The fourth-order valence-corrected chi connectivity index (χ4v) is 0.581. The molecule has 1 rings (SSSR count). The highest BCUT2D eigenvalue weighted by atomic mass is 16.4. The first kappa shape index (κ1) is 16.5. The molecule has 0 radical (unpaired) electrons. The minimum absolute atomic E-state index is 0.125. The second-order valence-electron chi connectivity index (χ2n) is 2.22. The average molecular weight is 230 g/mol. The summed E-state index contributed by atoms with van der Waals surface area (Å²) < 4.78 is 0. The minimum Gasteiger partial charge on any atom is -0.483 e. The maximum atomic E-state index is 10.2. The summed E-state index contributed by atoms with van der Waals surface area (Å²) in [7, 11) is 0. The van der Waals surface area contributed by atoms with Crippen molar-refractivity contribution >= 4 is 12.4 Å². The third-order valence-electron chi connectivity index (χ3n) is 1.12. The lowest BCUT2D eigenvalue weighted by Gasteiger charge is -1.88. The number of aliphatic hydroxyl groups excluding tert-OH is 2. The number of aromatic carboxylic acids is 1. The highest BCUT2D eigenvalue weighted by molar-refractivity contribution is 5.87. The Kier molecular flexibility index (Phi) is 13.5. The van der Waals surface area contributed by atoms with E-state index in [-0.39, 0.29) is 19.7 Å². The summed E-state index contributed by atoms with van der Waals surface area (Å²) in [5, 5.41) is 30.5. The van der Waals surface area contributed by atoms with Crippen molar-refractivity contribution < 1.29 is 30.0 Å². The van der Waals surface area contributed by atoms with Crippen LogP contribution in [0.1, 0.15) is 10.4 Å². The Bertz CT molecular complexity index is 270. The van der Waals surface area contributed by atoms with Crippen molar-refractivity contribution in [3.63, 3.8) is 0 Å². The number of carboxylic acid groups (broad SMARTS) is 2. The normalized spacial score (nSPS) is 7.62. The summed E-state index contributed by atoms with van der Waals surface area (Å²) >= 11 is 0. The molecule has 0 aliphatic carbocycles. The molecule has 0 heterocycles. The number of carboxylic acids is 1. The molecule has 0 unspecified atom stereocenters. The zero-order valence-electron chi connectivity index (χ0n) is 8.48. The maximum Gasteiger partial charge on any atom is 0.335 e. The van der Waals surface area contributed by atoms with E-state index >= 15 is 0 Å². The number of aliphatic hydroxyl groups is 2. The van der Waals surface area contributed by atoms with Crippen LogP contribution in [0, 0.1) is 0 Å². The molecule has 6 heteroatoms. The van der Waals surface area contributed by atoms with Crippen LogP contribution in [0.4, 0.5) is 0 Å². The van der Waals surface area contributed by atoms with Crippen molar-refractivity contribution in [2.45, 2.75) is 0 Å². The predicted molar refractivity (Wildman–Crippen MR) is 56.3 cm³/mol. The van der Waals surface area contributed by atoms with E-state index < -0.39 is 5.97 Å². The van der Waals surface area contributed by atoms with Crippen LogP contribution in [0.25, 0.3) is 0 Å². The Balaban J connectivity index is 0. The van der Waals surface area contributed by atoms with Crippen molar-refractivity contribution in [3.05, 3.63) is 35.9 Å². The van der Waals surface area contributed by atoms with Gasteiger partial charge in [-0.3, -0.25) is 4.79 Å². The van der Waals surface area contributed by atoms with E-state index in [4.69, 9.17) is 25.2 Å². The molecular weight excluding hydrogens is 216 g/mol. The Morgan fingerprint density at radius 3 is 1.69 bits per heavy atom. The van der Waals surface area contributed by atoms with E-state index in [1.807, 2.05) is 0 Å². The number of hydrogen-bond acceptors (Lipinski definition) is 4.